The molecule has 1 heterocycles. The minimum atomic E-state index is -0.883. The Balaban J connectivity index is 2.89. The fraction of sp³-hybridized carbons (Fsp3) is 0.300. The average Bonchev–Trinajstić information content (AvgIpc) is 2.17. The molecule has 0 atom stereocenters. The predicted octanol–water partition coefficient (Wildman–Crippen LogP) is 1.88. The van der Waals surface area contributed by atoms with Gasteiger partial charge >= 0.3 is 0 Å². The molecule has 1 aromatic heterocycles. The Morgan fingerprint density at radius 2 is 2.33 bits per heavy atom. The first kappa shape index (κ1) is 11.7. The molecule has 1 N–H and O–H groups in total. The zero-order valence-electron chi connectivity index (χ0n) is 8.41. The fourth-order valence-electron chi connectivity index (χ4n) is 0.935. The number of halogens is 1. The van der Waals surface area contributed by atoms with Gasteiger partial charge in [0.05, 0.1) is 11.6 Å². The van der Waals surface area contributed by atoms with Crippen LogP contribution in [0.1, 0.15) is 24.2 Å². The van der Waals surface area contributed by atoms with E-state index in [9.17, 15) is 4.79 Å². The van der Waals surface area contributed by atoms with E-state index in [1.165, 1.54) is 0 Å². The molecule has 0 spiro atoms. The van der Waals surface area contributed by atoms with Gasteiger partial charge in [0.2, 0.25) is 0 Å². The largest absolute Gasteiger partial charge is 0.334 e. The molecular weight excluding hydrogens is 258 g/mol. The Labute approximate surface area is 96.4 Å². The molecule has 0 unspecified atom stereocenters. The number of carbonyl (C=O) groups is 1. The molecule has 0 fully saturated rings. The Hall–Kier alpha value is -1.41. The van der Waals surface area contributed by atoms with E-state index in [-0.39, 0.29) is 5.91 Å². The third kappa shape index (κ3) is 3.03. The van der Waals surface area contributed by atoms with Crippen molar-refractivity contribution in [1.82, 2.24) is 10.3 Å². The van der Waals surface area contributed by atoms with Crippen molar-refractivity contribution in [3.63, 3.8) is 0 Å². The van der Waals surface area contributed by atoms with Gasteiger partial charge in [-0.2, -0.15) is 5.26 Å². The molecule has 0 saturated heterocycles. The number of rotatable bonds is 2. The smallest absolute Gasteiger partial charge is 0.255 e. The maximum absolute atomic E-state index is 11.7. The van der Waals surface area contributed by atoms with Crippen LogP contribution >= 0.6 is 15.9 Å². The summed E-state index contributed by atoms with van der Waals surface area (Å²) in [4.78, 5) is 15.6. The number of nitrogens with one attached hydrogen (secondary N) is 1. The van der Waals surface area contributed by atoms with E-state index in [1.54, 1.807) is 32.2 Å². The predicted molar refractivity (Wildman–Crippen MR) is 59.1 cm³/mol. The number of amides is 1. The van der Waals surface area contributed by atoms with E-state index in [4.69, 9.17) is 5.26 Å². The lowest BCUT2D eigenvalue weighted by Gasteiger charge is -2.17. The first-order valence-electron chi connectivity index (χ1n) is 4.30. The first-order valence-corrected chi connectivity index (χ1v) is 5.10. The second kappa shape index (κ2) is 4.41. The topological polar surface area (TPSA) is 65.8 Å². The van der Waals surface area contributed by atoms with E-state index in [1.807, 2.05) is 6.07 Å². The molecule has 5 heteroatoms. The van der Waals surface area contributed by atoms with Crippen LogP contribution in [0.25, 0.3) is 0 Å². The summed E-state index contributed by atoms with van der Waals surface area (Å²) in [6.45, 7) is 3.27. The van der Waals surface area contributed by atoms with E-state index in [0.717, 1.165) is 0 Å². The standard InChI is InChI=1S/C10H10BrN3O/c1-10(2,6-12)14-9(15)7-4-3-5-13-8(7)11/h3-5H,1-2H3,(H,14,15). The SMILES string of the molecule is CC(C)(C#N)NC(=O)c1cccnc1Br. The van der Waals surface area contributed by atoms with Gasteiger partial charge in [0, 0.05) is 6.20 Å². The van der Waals surface area contributed by atoms with Gasteiger partial charge in [-0.3, -0.25) is 4.79 Å². The summed E-state index contributed by atoms with van der Waals surface area (Å²) < 4.78 is 0.469. The van der Waals surface area contributed by atoms with Crippen LogP contribution in [0.2, 0.25) is 0 Å². The van der Waals surface area contributed by atoms with Crippen LogP contribution in [0, 0.1) is 11.3 Å². The Morgan fingerprint density at radius 1 is 1.67 bits per heavy atom. The lowest BCUT2D eigenvalue weighted by Crippen LogP contribution is -2.42. The van der Waals surface area contributed by atoms with Crippen molar-refractivity contribution >= 4 is 21.8 Å². The van der Waals surface area contributed by atoms with E-state index in [2.05, 4.69) is 26.2 Å². The van der Waals surface area contributed by atoms with Crippen LogP contribution < -0.4 is 5.32 Å². The minimum absolute atomic E-state index is 0.318. The molecule has 0 aromatic carbocycles. The van der Waals surface area contributed by atoms with Gasteiger partial charge in [-0.15, -0.1) is 0 Å². The number of hydrogen-bond acceptors (Lipinski definition) is 3. The zero-order chi connectivity index (χ0) is 11.5. The highest BCUT2D eigenvalue weighted by molar-refractivity contribution is 9.10. The summed E-state index contributed by atoms with van der Waals surface area (Å²) in [6.07, 6.45) is 1.58. The summed E-state index contributed by atoms with van der Waals surface area (Å²) in [7, 11) is 0. The Kier molecular flexibility index (Phi) is 3.43. The fourth-order valence-corrected chi connectivity index (χ4v) is 1.36. The highest BCUT2D eigenvalue weighted by Crippen LogP contribution is 2.13. The van der Waals surface area contributed by atoms with Gasteiger partial charge in [-0.05, 0) is 41.9 Å². The molecular formula is C10H10BrN3O. The number of pyridine rings is 1. The van der Waals surface area contributed by atoms with Crippen molar-refractivity contribution in [2.24, 2.45) is 0 Å². The molecule has 78 valence electrons. The van der Waals surface area contributed by atoms with Crippen LogP contribution in [0.3, 0.4) is 0 Å². The normalized spacial score (nSPS) is 10.5. The lowest BCUT2D eigenvalue weighted by atomic mass is 10.1. The molecule has 0 saturated carbocycles. The van der Waals surface area contributed by atoms with Crippen LogP contribution in [-0.2, 0) is 0 Å². The zero-order valence-corrected chi connectivity index (χ0v) is 10.00. The minimum Gasteiger partial charge on any atom is -0.334 e. The average molecular weight is 268 g/mol. The highest BCUT2D eigenvalue weighted by atomic mass is 79.9. The molecule has 0 aliphatic rings. The van der Waals surface area contributed by atoms with Crippen LogP contribution in [0.5, 0.6) is 0 Å². The van der Waals surface area contributed by atoms with Crippen molar-refractivity contribution in [3.05, 3.63) is 28.5 Å². The van der Waals surface area contributed by atoms with Crippen molar-refractivity contribution in [2.75, 3.05) is 0 Å². The van der Waals surface area contributed by atoms with Gasteiger partial charge in [0.1, 0.15) is 10.1 Å². The van der Waals surface area contributed by atoms with Crippen LogP contribution in [-0.4, -0.2) is 16.4 Å². The van der Waals surface area contributed by atoms with E-state index < -0.39 is 5.54 Å². The van der Waals surface area contributed by atoms with Crippen molar-refractivity contribution < 1.29 is 4.79 Å². The Bertz CT molecular complexity index is 423. The van der Waals surface area contributed by atoms with Crippen molar-refractivity contribution in [1.29, 1.82) is 5.26 Å². The van der Waals surface area contributed by atoms with Gasteiger partial charge in [-0.1, -0.05) is 0 Å². The third-order valence-corrected chi connectivity index (χ3v) is 2.34. The summed E-state index contributed by atoms with van der Waals surface area (Å²) in [5.74, 6) is -0.318. The quantitative estimate of drug-likeness (QED) is 0.833. The molecule has 0 aliphatic heterocycles. The molecule has 0 bridgehead atoms. The number of nitriles is 1. The summed E-state index contributed by atoms with van der Waals surface area (Å²) in [5, 5.41) is 11.4. The lowest BCUT2D eigenvalue weighted by molar-refractivity contribution is 0.0928. The number of nitrogens with zero attached hydrogens (tertiary/aromatic N) is 2. The van der Waals surface area contributed by atoms with Crippen molar-refractivity contribution in [3.8, 4) is 6.07 Å². The van der Waals surface area contributed by atoms with Gasteiger partial charge in [0.25, 0.3) is 5.91 Å². The highest BCUT2D eigenvalue weighted by Gasteiger charge is 2.21. The molecule has 1 amide bonds. The summed E-state index contributed by atoms with van der Waals surface area (Å²) in [5.41, 5.74) is -0.465. The molecule has 15 heavy (non-hydrogen) atoms. The summed E-state index contributed by atoms with van der Waals surface area (Å²) in [6, 6.07) is 5.30. The van der Waals surface area contributed by atoms with Gasteiger partial charge < -0.3 is 5.32 Å². The monoisotopic (exact) mass is 267 g/mol. The maximum Gasteiger partial charge on any atom is 0.255 e. The van der Waals surface area contributed by atoms with E-state index >= 15 is 0 Å². The first-order chi connectivity index (χ1) is 6.96. The molecule has 4 nitrogen and oxygen atoms in total. The van der Waals surface area contributed by atoms with Gasteiger partial charge in [-0.25, -0.2) is 4.98 Å². The maximum atomic E-state index is 11.7. The third-order valence-electron chi connectivity index (χ3n) is 1.71. The van der Waals surface area contributed by atoms with Crippen molar-refractivity contribution in [2.45, 2.75) is 19.4 Å². The summed E-state index contributed by atoms with van der Waals surface area (Å²) >= 11 is 3.17. The molecule has 0 radical (unpaired) electrons. The molecule has 0 aliphatic carbocycles. The van der Waals surface area contributed by atoms with Crippen LogP contribution in [0.15, 0.2) is 22.9 Å². The molecule has 1 aromatic rings. The number of aromatic nitrogens is 1. The number of hydrogen-bond donors (Lipinski definition) is 1. The number of carbonyl (C=O) groups excluding carboxylic acids is 1. The van der Waals surface area contributed by atoms with Crippen LogP contribution in [0.4, 0.5) is 0 Å². The van der Waals surface area contributed by atoms with E-state index in [0.29, 0.717) is 10.2 Å². The molecule has 1 rings (SSSR count). The second-order valence-electron chi connectivity index (χ2n) is 3.53. The Morgan fingerprint density at radius 3 is 2.87 bits per heavy atom. The van der Waals surface area contributed by atoms with Gasteiger partial charge in [0.15, 0.2) is 0 Å². The second-order valence-corrected chi connectivity index (χ2v) is 4.28.